The summed E-state index contributed by atoms with van der Waals surface area (Å²) in [5.41, 5.74) is -0.0567. The van der Waals surface area contributed by atoms with Crippen LogP contribution in [0, 0.1) is 64.1 Å². The number of aliphatic hydroxyl groups excluding tert-OH is 3. The summed E-state index contributed by atoms with van der Waals surface area (Å²) < 4.78 is 34.6. The highest BCUT2D eigenvalue weighted by atomic mass is 16.7. The van der Waals surface area contributed by atoms with Crippen LogP contribution in [0.1, 0.15) is 166 Å². The molecule has 2 bridgehead atoms. The van der Waals surface area contributed by atoms with E-state index in [0.717, 1.165) is 17.6 Å². The number of nitrogens with zero attached hydrogens (tertiary/aromatic N) is 1. The molecule has 6 fully saturated rings. The number of ether oxygens (including phenoxy) is 6. The van der Waals surface area contributed by atoms with Crippen LogP contribution in [0.4, 0.5) is 0 Å². The number of hydrogen-bond donors (Lipinski definition) is 5. The van der Waals surface area contributed by atoms with Crippen LogP contribution in [0.25, 0.3) is 0 Å². The zero-order valence-electron chi connectivity index (χ0n) is 53.3. The summed E-state index contributed by atoms with van der Waals surface area (Å²) in [6.45, 7) is 18.2. The summed E-state index contributed by atoms with van der Waals surface area (Å²) in [7, 11) is 4.63. The van der Waals surface area contributed by atoms with E-state index in [1.807, 2.05) is 45.9 Å². The smallest absolute Gasteiger partial charge is 0.329 e. The fourth-order valence-corrected chi connectivity index (χ4v) is 16.9. The molecule has 0 aromatic heterocycles. The average Bonchev–Trinajstić information content (AvgIpc) is 1.43. The van der Waals surface area contributed by atoms with E-state index in [2.05, 4.69) is 20.8 Å². The van der Waals surface area contributed by atoms with Crippen LogP contribution in [0.2, 0.25) is 0 Å². The van der Waals surface area contributed by atoms with Crippen molar-refractivity contribution in [2.24, 2.45) is 64.1 Å². The Morgan fingerprint density at radius 3 is 2.15 bits per heavy atom. The Morgan fingerprint density at radius 1 is 0.826 bits per heavy atom. The van der Waals surface area contributed by atoms with Crippen molar-refractivity contribution in [2.45, 2.75) is 232 Å². The summed E-state index contributed by atoms with van der Waals surface area (Å²) in [5, 5.41) is 56.9. The second-order valence-electron chi connectivity index (χ2n) is 27.5. The molecule has 2 saturated heterocycles. The van der Waals surface area contributed by atoms with E-state index in [4.69, 9.17) is 28.4 Å². The van der Waals surface area contributed by atoms with E-state index >= 15 is 0 Å². The summed E-state index contributed by atoms with van der Waals surface area (Å²) in [6.07, 6.45) is 10.4. The van der Waals surface area contributed by atoms with Crippen LogP contribution < -0.4 is 0 Å². The fourth-order valence-electron chi connectivity index (χ4n) is 16.9. The molecule has 482 valence electrons. The first-order valence-corrected chi connectivity index (χ1v) is 31.7. The Labute approximate surface area is 509 Å². The first kappa shape index (κ1) is 69.2. The van der Waals surface area contributed by atoms with Gasteiger partial charge in [-0.1, -0.05) is 77.8 Å². The van der Waals surface area contributed by atoms with Gasteiger partial charge in [0.1, 0.15) is 29.6 Å². The summed E-state index contributed by atoms with van der Waals surface area (Å²) in [4.78, 5) is 93.8. The molecule has 22 atom stereocenters. The third-order valence-corrected chi connectivity index (χ3v) is 21.7. The number of fused-ring (bicyclic) bond motifs is 8. The molecular weight excluding hydrogens is 1110 g/mol. The number of aliphatic hydroxyl groups is 5. The Bertz CT molecular complexity index is 2630. The van der Waals surface area contributed by atoms with E-state index in [1.54, 1.807) is 33.1 Å². The average molecular weight is 1210 g/mol. The number of piperidine rings is 1. The lowest BCUT2D eigenvalue weighted by atomic mass is 9.45. The molecule has 4 saturated carbocycles. The monoisotopic (exact) mass is 1210 g/mol. The van der Waals surface area contributed by atoms with E-state index in [1.165, 1.54) is 26.0 Å². The maximum atomic E-state index is 14.3. The zero-order valence-corrected chi connectivity index (χ0v) is 53.3. The summed E-state index contributed by atoms with van der Waals surface area (Å²) in [6, 6.07) is -1.13. The van der Waals surface area contributed by atoms with Crippen molar-refractivity contribution < 1.29 is 87.5 Å². The molecule has 86 heavy (non-hydrogen) atoms. The maximum absolute atomic E-state index is 14.3. The SMILES string of the molecule is CC(=O)OCC(=O)[C@@]1(O)CC[C@H]2[C@@H]3C[C@H](C)C4=CC(=O)C=C[C@]4(C)[C@H]3[C@@H](O)C[C@@]21C.CC[C@@H]1/C=C(\C)C[C@H](C)C[C@H](OC)[C@H]2O[C@@](O)(C(=O)C(=O)N3CCCC[C@H]3C(=O)O[C@H](/C(C)=C/[C@@H]3CC[C@@H](O)[C@H](OC)C3)[C@H](C)[C@@H](O)CC1=O)[C@H](C)C[C@@H]2OC. The normalized spacial score (nSPS) is 43.5. The van der Waals surface area contributed by atoms with Crippen molar-refractivity contribution in [1.29, 1.82) is 0 Å². The largest absolute Gasteiger partial charge is 0.458 e. The van der Waals surface area contributed by atoms with E-state index in [9.17, 15) is 59.1 Å². The molecule has 19 heteroatoms. The van der Waals surface area contributed by atoms with Gasteiger partial charge in [-0.2, -0.15) is 0 Å². The van der Waals surface area contributed by atoms with Crippen LogP contribution in [0.5, 0.6) is 0 Å². The second kappa shape index (κ2) is 28.2. The van der Waals surface area contributed by atoms with Crippen LogP contribution in [0.3, 0.4) is 0 Å². The molecule has 1 amide bonds. The van der Waals surface area contributed by atoms with Crippen LogP contribution in [-0.2, 0) is 62.0 Å². The van der Waals surface area contributed by atoms with Gasteiger partial charge in [0.15, 0.2) is 12.4 Å². The minimum absolute atomic E-state index is 0.000914. The molecule has 0 spiro atoms. The number of cyclic esters (lactones) is 1. The standard InChI is InChI=1S/C43H69NO12.C24H32O6/c1-10-30-18-24(2)17-25(3)19-36(53-8)39-37(54-9)21-27(5)43(51,56-39)40(48)41(49)44-16-12-11-13-31(44)42(50)55-38(28(6)33(46)23-34(30)47)26(4)20-29-14-15-32(45)35(22-29)52-7;1-13-9-16-17-6-8-24(29,20(28)12-30-14(2)25)23(17,4)11-19(27)21(16)22(3)7-5-15(26)10-18(13)22/h18,20,25,27-33,35-39,45-46,51H,10-17,19,21-23H2,1-9H3;5,7,10,13,16-17,19,21,27,29H,6,8-9,11-12H2,1-4H3/b24-18+,26-20+;/t25-,27+,28+,29-,30+,31-,32+,33-,35+,36-,37-,38+,39+,43+;13-,16-,17-,19-,21+,22-,23-,24-/m00/s1. The molecule has 8 aliphatic rings. The van der Waals surface area contributed by atoms with Crippen LogP contribution in [-0.4, -0.2) is 172 Å². The lowest BCUT2D eigenvalue weighted by Gasteiger charge is -2.60. The highest BCUT2D eigenvalue weighted by Crippen LogP contribution is 2.68. The molecule has 8 rings (SSSR count). The van der Waals surface area contributed by atoms with Crippen molar-refractivity contribution in [3.63, 3.8) is 0 Å². The first-order valence-electron chi connectivity index (χ1n) is 31.7. The van der Waals surface area contributed by atoms with Gasteiger partial charge in [-0.3, -0.25) is 28.8 Å². The number of carbonyl (C=O) groups excluding carboxylic acids is 7. The lowest BCUT2D eigenvalue weighted by molar-refractivity contribution is -0.302. The van der Waals surface area contributed by atoms with Crippen LogP contribution in [0.15, 0.2) is 47.1 Å². The summed E-state index contributed by atoms with van der Waals surface area (Å²) >= 11 is 0. The maximum Gasteiger partial charge on any atom is 0.329 e. The Morgan fingerprint density at radius 2 is 1.50 bits per heavy atom. The molecule has 0 aromatic carbocycles. The van der Waals surface area contributed by atoms with Gasteiger partial charge in [-0.15, -0.1) is 0 Å². The number of ketones is 4. The minimum atomic E-state index is -2.50. The molecular formula is C67H101NO18. The lowest BCUT2D eigenvalue weighted by Crippen LogP contribution is -2.64. The Hall–Kier alpha value is -4.31. The number of esters is 2. The quantitative estimate of drug-likeness (QED) is 0.0897. The molecule has 0 unspecified atom stereocenters. The van der Waals surface area contributed by atoms with Crippen molar-refractivity contribution in [3.05, 3.63) is 47.1 Å². The third-order valence-electron chi connectivity index (χ3n) is 21.7. The van der Waals surface area contributed by atoms with Crippen molar-refractivity contribution in [2.75, 3.05) is 34.5 Å². The van der Waals surface area contributed by atoms with Gasteiger partial charge in [0, 0.05) is 75.7 Å². The van der Waals surface area contributed by atoms with E-state index < -0.39 is 125 Å². The van der Waals surface area contributed by atoms with Crippen molar-refractivity contribution in [3.8, 4) is 0 Å². The predicted octanol–water partition coefficient (Wildman–Crippen LogP) is 6.85. The van der Waals surface area contributed by atoms with Gasteiger partial charge in [0.25, 0.3) is 11.7 Å². The van der Waals surface area contributed by atoms with E-state index in [-0.39, 0.29) is 79.0 Å². The molecule has 0 aromatic rings. The number of rotatable bonds is 9. The van der Waals surface area contributed by atoms with Crippen LogP contribution >= 0.6 is 0 Å². The van der Waals surface area contributed by atoms with Crippen molar-refractivity contribution >= 4 is 41.0 Å². The number of carbonyl (C=O) groups is 7. The second-order valence-corrected chi connectivity index (χ2v) is 27.5. The van der Waals surface area contributed by atoms with Gasteiger partial charge in [-0.05, 0) is 151 Å². The minimum Gasteiger partial charge on any atom is -0.458 e. The summed E-state index contributed by atoms with van der Waals surface area (Å²) in [5.74, 6) is -8.21. The number of methoxy groups -OCH3 is 3. The van der Waals surface area contributed by atoms with Gasteiger partial charge < -0.3 is 58.9 Å². The fraction of sp³-hybridized carbons (Fsp3) is 0.776. The topological polar surface area (TPSA) is 279 Å². The third kappa shape index (κ3) is 14.0. The molecule has 3 aliphatic heterocycles. The van der Waals surface area contributed by atoms with Crippen molar-refractivity contribution in [1.82, 2.24) is 4.90 Å². The number of Topliss-reactive ketones (excluding diaryl/α,β-unsaturated/α-hetero) is 3. The van der Waals surface area contributed by atoms with Gasteiger partial charge >= 0.3 is 11.9 Å². The molecule has 5 aliphatic carbocycles. The highest BCUT2D eigenvalue weighted by Gasteiger charge is 2.69. The number of hydrogen-bond acceptors (Lipinski definition) is 18. The Kier molecular flexibility index (Phi) is 22.7. The number of allylic oxidation sites excluding steroid dienone is 7. The number of amides is 1. The predicted molar refractivity (Wildman–Crippen MR) is 317 cm³/mol. The zero-order chi connectivity index (χ0) is 63.5. The highest BCUT2D eigenvalue weighted by molar-refractivity contribution is 6.39. The van der Waals surface area contributed by atoms with Gasteiger partial charge in [0.05, 0.1) is 36.6 Å². The Balaban J connectivity index is 0.000000294. The van der Waals surface area contributed by atoms with Gasteiger partial charge in [-0.25, -0.2) is 4.79 Å². The molecule has 3 heterocycles. The van der Waals surface area contributed by atoms with E-state index in [0.29, 0.717) is 76.2 Å². The molecule has 5 N–H and O–H groups in total. The van der Waals surface area contributed by atoms with Gasteiger partial charge in [0.2, 0.25) is 11.6 Å². The molecule has 0 radical (unpaired) electrons. The molecule has 19 nitrogen and oxygen atoms in total. The first-order chi connectivity index (χ1) is 40.4.